The Balaban J connectivity index is 2.87. The van der Waals surface area contributed by atoms with E-state index in [9.17, 15) is 0 Å². The van der Waals surface area contributed by atoms with Gasteiger partial charge in [-0.15, -0.1) is 13.2 Å². The monoisotopic (exact) mass is 148 g/mol. The quantitative estimate of drug-likeness (QED) is 0.527. The van der Waals surface area contributed by atoms with Crippen molar-refractivity contribution in [2.24, 2.45) is 11.3 Å². The molecule has 0 amide bonds. The summed E-state index contributed by atoms with van der Waals surface area (Å²) in [7, 11) is 0. The summed E-state index contributed by atoms with van der Waals surface area (Å²) >= 11 is 0. The summed E-state index contributed by atoms with van der Waals surface area (Å²) < 4.78 is 0. The minimum atomic E-state index is 0.153. The Morgan fingerprint density at radius 2 is 2.27 bits per heavy atom. The molecule has 0 saturated carbocycles. The normalized spacial score (nSPS) is 36.6. The molecule has 0 nitrogen and oxygen atoms in total. The fourth-order valence-corrected chi connectivity index (χ4v) is 1.64. The molecule has 0 aliphatic heterocycles. The van der Waals surface area contributed by atoms with Crippen molar-refractivity contribution in [3.63, 3.8) is 0 Å². The van der Waals surface area contributed by atoms with Gasteiger partial charge in [-0.05, 0) is 18.8 Å². The van der Waals surface area contributed by atoms with Crippen molar-refractivity contribution in [1.82, 2.24) is 0 Å². The highest BCUT2D eigenvalue weighted by molar-refractivity contribution is 5.16. The fourth-order valence-electron chi connectivity index (χ4n) is 1.64. The second-order valence-corrected chi connectivity index (χ2v) is 3.39. The molecular weight excluding hydrogens is 132 g/mol. The number of rotatable bonds is 2. The zero-order valence-electron chi connectivity index (χ0n) is 7.22. The summed E-state index contributed by atoms with van der Waals surface area (Å²) in [5, 5.41) is 0. The molecule has 2 unspecified atom stereocenters. The van der Waals surface area contributed by atoms with Crippen molar-refractivity contribution < 1.29 is 0 Å². The predicted molar refractivity (Wildman–Crippen MR) is 50.4 cm³/mol. The van der Waals surface area contributed by atoms with Crippen LogP contribution in [0.5, 0.6) is 0 Å². The zero-order valence-corrected chi connectivity index (χ0v) is 7.22. The van der Waals surface area contributed by atoms with Gasteiger partial charge in [-0.1, -0.05) is 31.2 Å². The lowest BCUT2D eigenvalue weighted by atomic mass is 9.72. The Morgan fingerprint density at radius 1 is 1.55 bits per heavy atom. The average molecular weight is 148 g/mol. The summed E-state index contributed by atoms with van der Waals surface area (Å²) in [5.41, 5.74) is 0.153. The van der Waals surface area contributed by atoms with Crippen LogP contribution in [-0.2, 0) is 0 Å². The lowest BCUT2D eigenvalue weighted by Gasteiger charge is -2.33. The third kappa shape index (κ3) is 1.45. The van der Waals surface area contributed by atoms with E-state index in [0.717, 1.165) is 0 Å². The van der Waals surface area contributed by atoms with Gasteiger partial charge in [-0.25, -0.2) is 0 Å². The Labute approximate surface area is 69.3 Å². The van der Waals surface area contributed by atoms with E-state index < -0.39 is 0 Å². The molecule has 0 aromatic rings. The average Bonchev–Trinajstić information content (AvgIpc) is 2.05. The van der Waals surface area contributed by atoms with Crippen molar-refractivity contribution in [1.29, 1.82) is 0 Å². The predicted octanol–water partition coefficient (Wildman–Crippen LogP) is 3.33. The van der Waals surface area contributed by atoms with Crippen molar-refractivity contribution in [2.75, 3.05) is 0 Å². The van der Waals surface area contributed by atoms with Gasteiger partial charge in [0.1, 0.15) is 0 Å². The number of allylic oxidation sites excluding steroid dienone is 4. The van der Waals surface area contributed by atoms with Crippen molar-refractivity contribution in [3.8, 4) is 0 Å². The second-order valence-electron chi connectivity index (χ2n) is 3.39. The highest BCUT2D eigenvalue weighted by Gasteiger charge is 2.27. The van der Waals surface area contributed by atoms with E-state index in [2.05, 4.69) is 32.2 Å². The van der Waals surface area contributed by atoms with E-state index in [1.165, 1.54) is 12.8 Å². The fraction of sp³-hybridized carbons (Fsp3) is 0.455. The molecule has 0 saturated heterocycles. The van der Waals surface area contributed by atoms with Crippen LogP contribution in [0, 0.1) is 11.3 Å². The SMILES string of the molecule is C=CC1CCC=CC1(C)C=C. The molecule has 0 heterocycles. The minimum absolute atomic E-state index is 0.153. The summed E-state index contributed by atoms with van der Waals surface area (Å²) in [6.45, 7) is 9.91. The number of hydrogen-bond acceptors (Lipinski definition) is 0. The molecule has 0 spiro atoms. The van der Waals surface area contributed by atoms with Crippen molar-refractivity contribution in [3.05, 3.63) is 37.5 Å². The molecule has 0 fully saturated rings. The van der Waals surface area contributed by atoms with Gasteiger partial charge >= 0.3 is 0 Å². The maximum atomic E-state index is 3.86. The molecule has 60 valence electrons. The third-order valence-corrected chi connectivity index (χ3v) is 2.64. The van der Waals surface area contributed by atoms with Gasteiger partial charge < -0.3 is 0 Å². The standard InChI is InChI=1S/C11H16/c1-4-10-8-6-7-9-11(10,3)5-2/h4-5,7,9-10H,1-2,6,8H2,3H3. The maximum Gasteiger partial charge on any atom is 0.00928 e. The Kier molecular flexibility index (Phi) is 2.33. The molecule has 0 bridgehead atoms. The van der Waals surface area contributed by atoms with Crippen LogP contribution in [-0.4, -0.2) is 0 Å². The van der Waals surface area contributed by atoms with E-state index in [1.807, 2.05) is 12.2 Å². The smallest absolute Gasteiger partial charge is 0.00928 e. The van der Waals surface area contributed by atoms with Gasteiger partial charge in [0, 0.05) is 5.41 Å². The van der Waals surface area contributed by atoms with Crippen molar-refractivity contribution >= 4 is 0 Å². The summed E-state index contributed by atoms with van der Waals surface area (Å²) in [5.74, 6) is 0.574. The Hall–Kier alpha value is -0.780. The molecule has 0 radical (unpaired) electrons. The molecule has 0 aromatic heterocycles. The van der Waals surface area contributed by atoms with Crippen LogP contribution in [0.15, 0.2) is 37.5 Å². The molecule has 11 heavy (non-hydrogen) atoms. The first-order valence-electron chi connectivity index (χ1n) is 4.17. The van der Waals surface area contributed by atoms with Gasteiger partial charge in [0.15, 0.2) is 0 Å². The molecule has 0 aromatic carbocycles. The van der Waals surface area contributed by atoms with Crippen LogP contribution in [0.25, 0.3) is 0 Å². The second kappa shape index (κ2) is 3.08. The van der Waals surface area contributed by atoms with Crippen molar-refractivity contribution in [2.45, 2.75) is 19.8 Å². The first kappa shape index (κ1) is 8.32. The molecular formula is C11H16. The molecule has 2 atom stereocenters. The molecule has 1 aliphatic rings. The van der Waals surface area contributed by atoms with Crippen LogP contribution in [0.3, 0.4) is 0 Å². The topological polar surface area (TPSA) is 0 Å². The summed E-state index contributed by atoms with van der Waals surface area (Å²) in [6.07, 6.45) is 10.9. The van der Waals surface area contributed by atoms with Crippen LogP contribution in [0.4, 0.5) is 0 Å². The van der Waals surface area contributed by atoms with Gasteiger partial charge in [-0.3, -0.25) is 0 Å². The third-order valence-electron chi connectivity index (χ3n) is 2.64. The molecule has 0 N–H and O–H groups in total. The van der Waals surface area contributed by atoms with Gasteiger partial charge in [0.25, 0.3) is 0 Å². The van der Waals surface area contributed by atoms with E-state index in [-0.39, 0.29) is 5.41 Å². The number of hydrogen-bond donors (Lipinski definition) is 0. The Morgan fingerprint density at radius 3 is 2.73 bits per heavy atom. The van der Waals surface area contributed by atoms with Gasteiger partial charge in [0.05, 0.1) is 0 Å². The van der Waals surface area contributed by atoms with Gasteiger partial charge in [-0.2, -0.15) is 0 Å². The molecule has 1 rings (SSSR count). The zero-order chi connectivity index (χ0) is 8.32. The first-order chi connectivity index (χ1) is 5.23. The van der Waals surface area contributed by atoms with Gasteiger partial charge in [0.2, 0.25) is 0 Å². The van der Waals surface area contributed by atoms with E-state index >= 15 is 0 Å². The molecule has 0 heteroatoms. The van der Waals surface area contributed by atoms with Crippen LogP contribution in [0.1, 0.15) is 19.8 Å². The lowest BCUT2D eigenvalue weighted by molar-refractivity contribution is 0.357. The van der Waals surface area contributed by atoms with Crippen LogP contribution < -0.4 is 0 Å². The first-order valence-corrected chi connectivity index (χ1v) is 4.17. The van der Waals surface area contributed by atoms with E-state index in [0.29, 0.717) is 5.92 Å². The Bertz CT molecular complexity index is 188. The van der Waals surface area contributed by atoms with Crippen LogP contribution >= 0.6 is 0 Å². The molecule has 1 aliphatic carbocycles. The highest BCUT2D eigenvalue weighted by Crippen LogP contribution is 2.37. The van der Waals surface area contributed by atoms with E-state index in [1.54, 1.807) is 0 Å². The lowest BCUT2D eigenvalue weighted by Crippen LogP contribution is -2.23. The summed E-state index contributed by atoms with van der Waals surface area (Å²) in [6, 6.07) is 0. The minimum Gasteiger partial charge on any atom is -0.103 e. The maximum absolute atomic E-state index is 3.86. The largest absolute Gasteiger partial charge is 0.103 e. The highest BCUT2D eigenvalue weighted by atomic mass is 14.3. The summed E-state index contributed by atoms with van der Waals surface area (Å²) in [4.78, 5) is 0. The van der Waals surface area contributed by atoms with E-state index in [4.69, 9.17) is 0 Å². The van der Waals surface area contributed by atoms with Crippen LogP contribution in [0.2, 0.25) is 0 Å².